The number of fused-ring (bicyclic) bond motifs is 10. The third-order valence-electron chi connectivity index (χ3n) is 11.0. The molecular weight excluding hydrogens is 558 g/mol. The summed E-state index contributed by atoms with van der Waals surface area (Å²) >= 11 is 0. The van der Waals surface area contributed by atoms with Crippen molar-refractivity contribution < 1.29 is 4.42 Å². The Balaban J connectivity index is 1.28. The number of hydrogen-bond donors (Lipinski definition) is 0. The van der Waals surface area contributed by atoms with Gasteiger partial charge < -0.3 is 9.32 Å². The van der Waals surface area contributed by atoms with Crippen molar-refractivity contribution >= 4 is 60.5 Å². The van der Waals surface area contributed by atoms with Crippen LogP contribution in [-0.4, -0.2) is 0 Å². The maximum atomic E-state index is 6.34. The first-order valence-corrected chi connectivity index (χ1v) is 16.2. The lowest BCUT2D eigenvalue weighted by molar-refractivity contribution is 0.301. The summed E-state index contributed by atoms with van der Waals surface area (Å²) in [5, 5.41) is 7.59. The number of para-hydroxylation sites is 2. The summed E-state index contributed by atoms with van der Waals surface area (Å²) in [5.41, 5.74) is 10.3. The highest BCUT2D eigenvalue weighted by atomic mass is 16.3. The predicted molar refractivity (Wildman–Crippen MR) is 195 cm³/mol. The summed E-state index contributed by atoms with van der Waals surface area (Å²) < 4.78 is 6.34. The van der Waals surface area contributed by atoms with Gasteiger partial charge in [-0.1, -0.05) is 119 Å². The van der Waals surface area contributed by atoms with E-state index >= 15 is 0 Å². The smallest absolute Gasteiger partial charge is 0.137 e. The SMILES string of the molecule is CC1(C)c2cc(N(c3ccccc3)c3ccc4c(c3)oc3ccccc34)ccc2-c2ccc3ccc4ccccc4c3c2C1(C)C. The predicted octanol–water partition coefficient (Wildman–Crippen LogP) is 12.6. The number of nitrogens with zero attached hydrogens (tertiary/aromatic N) is 1. The lowest BCUT2D eigenvalue weighted by atomic mass is 9.54. The van der Waals surface area contributed by atoms with E-state index in [1.807, 2.05) is 12.1 Å². The van der Waals surface area contributed by atoms with Gasteiger partial charge in [-0.2, -0.15) is 0 Å². The summed E-state index contributed by atoms with van der Waals surface area (Å²) in [6.07, 6.45) is 0. The normalized spacial score (nSPS) is 14.9. The molecule has 1 aliphatic rings. The van der Waals surface area contributed by atoms with Crippen LogP contribution in [-0.2, 0) is 10.8 Å². The van der Waals surface area contributed by atoms with Crippen molar-refractivity contribution in [2.75, 3.05) is 4.90 Å². The quantitative estimate of drug-likeness (QED) is 0.189. The van der Waals surface area contributed by atoms with E-state index in [4.69, 9.17) is 4.42 Å². The lowest BCUT2D eigenvalue weighted by Crippen LogP contribution is -2.43. The molecule has 0 aliphatic heterocycles. The fraction of sp³-hybridized carbons (Fsp3) is 0.136. The molecule has 2 heteroatoms. The topological polar surface area (TPSA) is 16.4 Å². The molecule has 0 unspecified atom stereocenters. The van der Waals surface area contributed by atoms with Gasteiger partial charge in [0.05, 0.1) is 0 Å². The van der Waals surface area contributed by atoms with Crippen LogP contribution in [0.4, 0.5) is 17.1 Å². The van der Waals surface area contributed by atoms with Crippen LogP contribution >= 0.6 is 0 Å². The number of rotatable bonds is 3. The molecule has 0 fully saturated rings. The molecule has 0 atom stereocenters. The van der Waals surface area contributed by atoms with Gasteiger partial charge in [0.15, 0.2) is 0 Å². The molecule has 2 nitrogen and oxygen atoms in total. The van der Waals surface area contributed by atoms with Crippen molar-refractivity contribution in [3.63, 3.8) is 0 Å². The molecule has 0 amide bonds. The van der Waals surface area contributed by atoms with Crippen molar-refractivity contribution in [1.82, 2.24) is 0 Å². The van der Waals surface area contributed by atoms with Crippen LogP contribution in [0.3, 0.4) is 0 Å². The number of benzene rings is 7. The van der Waals surface area contributed by atoms with Crippen molar-refractivity contribution in [3.05, 3.63) is 151 Å². The molecule has 0 N–H and O–H groups in total. The Morgan fingerprint density at radius 3 is 1.93 bits per heavy atom. The molecule has 46 heavy (non-hydrogen) atoms. The Labute approximate surface area is 269 Å². The molecule has 7 aromatic carbocycles. The summed E-state index contributed by atoms with van der Waals surface area (Å²) in [6, 6.07) is 50.7. The standard InChI is InChI=1S/C44H35NO/c1-43(2)38-26-31(45(30-13-6-5-7-14-30)32-22-25-36-35-16-10-11-17-39(35)46-40(36)27-32)21-24-34(38)37-23-20-29-19-18-28-12-8-9-15-33(28)41(29)42(37)44(43,3)4/h5-27H,1-4H3. The minimum absolute atomic E-state index is 0.137. The summed E-state index contributed by atoms with van der Waals surface area (Å²) in [5.74, 6) is 0. The Kier molecular flexibility index (Phi) is 5.63. The molecule has 222 valence electrons. The second-order valence-corrected chi connectivity index (χ2v) is 13.8. The summed E-state index contributed by atoms with van der Waals surface area (Å²) in [6.45, 7) is 9.73. The third-order valence-corrected chi connectivity index (χ3v) is 11.0. The van der Waals surface area contributed by atoms with Crippen LogP contribution in [0.1, 0.15) is 38.8 Å². The van der Waals surface area contributed by atoms with Crippen LogP contribution in [0.2, 0.25) is 0 Å². The fourth-order valence-corrected chi connectivity index (χ4v) is 7.92. The van der Waals surface area contributed by atoms with E-state index in [0.29, 0.717) is 0 Å². The zero-order valence-corrected chi connectivity index (χ0v) is 26.6. The minimum atomic E-state index is -0.151. The second-order valence-electron chi connectivity index (χ2n) is 13.8. The van der Waals surface area contributed by atoms with Crippen molar-refractivity contribution in [1.29, 1.82) is 0 Å². The largest absolute Gasteiger partial charge is 0.456 e. The highest BCUT2D eigenvalue weighted by Gasteiger charge is 2.47. The van der Waals surface area contributed by atoms with E-state index in [1.54, 1.807) is 0 Å². The molecule has 0 spiro atoms. The zero-order valence-electron chi connectivity index (χ0n) is 26.6. The second kappa shape index (κ2) is 9.58. The van der Waals surface area contributed by atoms with Gasteiger partial charge in [-0.3, -0.25) is 0 Å². The van der Waals surface area contributed by atoms with Crippen LogP contribution in [0.5, 0.6) is 0 Å². The van der Waals surface area contributed by atoms with Gasteiger partial charge in [0.25, 0.3) is 0 Å². The highest BCUT2D eigenvalue weighted by molar-refractivity contribution is 6.12. The Morgan fingerprint density at radius 2 is 1.09 bits per heavy atom. The van der Waals surface area contributed by atoms with E-state index in [1.165, 1.54) is 43.8 Å². The van der Waals surface area contributed by atoms with Crippen LogP contribution in [0, 0.1) is 0 Å². The maximum Gasteiger partial charge on any atom is 0.137 e. The monoisotopic (exact) mass is 593 g/mol. The highest BCUT2D eigenvalue weighted by Crippen LogP contribution is 2.57. The van der Waals surface area contributed by atoms with E-state index in [-0.39, 0.29) is 10.8 Å². The average Bonchev–Trinajstić information content (AvgIpc) is 3.45. The Hall–Kier alpha value is -5.34. The van der Waals surface area contributed by atoms with Gasteiger partial charge in [0.1, 0.15) is 11.2 Å². The Morgan fingerprint density at radius 1 is 0.457 bits per heavy atom. The van der Waals surface area contributed by atoms with E-state index < -0.39 is 0 Å². The molecule has 0 radical (unpaired) electrons. The van der Waals surface area contributed by atoms with Crippen molar-refractivity contribution in [2.24, 2.45) is 0 Å². The van der Waals surface area contributed by atoms with Crippen LogP contribution < -0.4 is 4.90 Å². The van der Waals surface area contributed by atoms with Gasteiger partial charge in [-0.05, 0) is 91.7 Å². The lowest BCUT2D eigenvalue weighted by Gasteiger charge is -2.49. The number of anilines is 3. The molecule has 1 aliphatic carbocycles. The zero-order chi connectivity index (χ0) is 31.2. The van der Waals surface area contributed by atoms with Crippen LogP contribution in [0.25, 0.3) is 54.6 Å². The molecule has 9 rings (SSSR count). The molecule has 0 saturated carbocycles. The van der Waals surface area contributed by atoms with E-state index in [2.05, 4.69) is 160 Å². The molecule has 1 heterocycles. The molecule has 8 aromatic rings. The fourth-order valence-electron chi connectivity index (χ4n) is 7.92. The molecule has 0 saturated heterocycles. The van der Waals surface area contributed by atoms with Gasteiger partial charge >= 0.3 is 0 Å². The van der Waals surface area contributed by atoms with E-state index in [9.17, 15) is 0 Å². The molecule has 0 bridgehead atoms. The Bertz CT molecular complexity index is 2480. The van der Waals surface area contributed by atoms with Crippen molar-refractivity contribution in [2.45, 2.75) is 38.5 Å². The van der Waals surface area contributed by atoms with E-state index in [0.717, 1.165) is 39.0 Å². The molecule has 1 aromatic heterocycles. The summed E-state index contributed by atoms with van der Waals surface area (Å²) in [4.78, 5) is 2.36. The van der Waals surface area contributed by atoms with Crippen LogP contribution in [0.15, 0.2) is 144 Å². The van der Waals surface area contributed by atoms with Gasteiger partial charge in [-0.25, -0.2) is 0 Å². The van der Waals surface area contributed by atoms with Crippen molar-refractivity contribution in [3.8, 4) is 11.1 Å². The number of furan rings is 1. The maximum absolute atomic E-state index is 6.34. The molecular formula is C44H35NO. The minimum Gasteiger partial charge on any atom is -0.456 e. The van der Waals surface area contributed by atoms with Gasteiger partial charge in [-0.15, -0.1) is 0 Å². The number of hydrogen-bond acceptors (Lipinski definition) is 2. The summed E-state index contributed by atoms with van der Waals surface area (Å²) in [7, 11) is 0. The first-order valence-electron chi connectivity index (χ1n) is 16.2. The third kappa shape index (κ3) is 3.70. The van der Waals surface area contributed by atoms with Gasteiger partial charge in [0, 0.05) is 39.3 Å². The first kappa shape index (κ1) is 27.0. The average molecular weight is 594 g/mol. The van der Waals surface area contributed by atoms with Gasteiger partial charge in [0.2, 0.25) is 0 Å². The first-order chi connectivity index (χ1) is 22.3.